The van der Waals surface area contributed by atoms with E-state index in [0.29, 0.717) is 24.0 Å². The van der Waals surface area contributed by atoms with E-state index >= 15 is 0 Å². The van der Waals surface area contributed by atoms with Crippen molar-refractivity contribution >= 4 is 10.9 Å². The number of nitrogens with one attached hydrogen (secondary N) is 1. The van der Waals surface area contributed by atoms with E-state index in [1.807, 2.05) is 7.05 Å². The third kappa shape index (κ3) is 3.23. The summed E-state index contributed by atoms with van der Waals surface area (Å²) in [4.78, 5) is 4.26. The molecule has 6 heteroatoms. The summed E-state index contributed by atoms with van der Waals surface area (Å²) >= 11 is 0. The van der Waals surface area contributed by atoms with Crippen LogP contribution in [0.1, 0.15) is 18.1 Å². The van der Waals surface area contributed by atoms with E-state index in [9.17, 15) is 9.50 Å². The predicted octanol–water partition coefficient (Wildman–Crippen LogP) is 2.10. The van der Waals surface area contributed by atoms with Crippen molar-refractivity contribution in [2.45, 2.75) is 19.1 Å². The molecule has 0 aliphatic carbocycles. The van der Waals surface area contributed by atoms with Crippen LogP contribution in [0.4, 0.5) is 4.39 Å². The Hall–Kier alpha value is -2.31. The van der Waals surface area contributed by atoms with Gasteiger partial charge >= 0.3 is 0 Å². The molecular formula is C17H19FN4O. The molecule has 23 heavy (non-hydrogen) atoms. The van der Waals surface area contributed by atoms with Crippen molar-refractivity contribution < 1.29 is 9.50 Å². The van der Waals surface area contributed by atoms with Crippen LogP contribution in [0.15, 0.2) is 42.9 Å². The SMILES string of the molecule is Cn1cc(C(C)(O)CNCc2ccc(F)c3cccnc23)cn1. The molecule has 5 nitrogen and oxygen atoms in total. The zero-order chi connectivity index (χ0) is 16.4. The average molecular weight is 314 g/mol. The number of pyridine rings is 1. The van der Waals surface area contributed by atoms with E-state index in [1.54, 1.807) is 48.4 Å². The maximum absolute atomic E-state index is 13.8. The number of halogens is 1. The van der Waals surface area contributed by atoms with Gasteiger partial charge in [0.25, 0.3) is 0 Å². The molecule has 0 saturated heterocycles. The van der Waals surface area contributed by atoms with Crippen LogP contribution < -0.4 is 5.32 Å². The first-order valence-corrected chi connectivity index (χ1v) is 7.42. The van der Waals surface area contributed by atoms with Gasteiger partial charge in [-0.1, -0.05) is 6.07 Å². The molecule has 3 rings (SSSR count). The number of fused-ring (bicyclic) bond motifs is 1. The molecule has 1 atom stereocenters. The van der Waals surface area contributed by atoms with E-state index < -0.39 is 5.60 Å². The van der Waals surface area contributed by atoms with Gasteiger partial charge in [0.15, 0.2) is 0 Å². The second-order valence-electron chi connectivity index (χ2n) is 5.89. The van der Waals surface area contributed by atoms with Gasteiger partial charge in [0, 0.05) is 43.5 Å². The molecule has 120 valence electrons. The number of hydrogen-bond donors (Lipinski definition) is 2. The monoisotopic (exact) mass is 314 g/mol. The normalized spacial score (nSPS) is 14.1. The minimum atomic E-state index is -1.03. The van der Waals surface area contributed by atoms with Crippen LogP contribution in [0.5, 0.6) is 0 Å². The van der Waals surface area contributed by atoms with Crippen molar-refractivity contribution in [3.63, 3.8) is 0 Å². The lowest BCUT2D eigenvalue weighted by molar-refractivity contribution is 0.0566. The van der Waals surface area contributed by atoms with Gasteiger partial charge in [-0.25, -0.2) is 4.39 Å². The Morgan fingerprint density at radius 1 is 1.35 bits per heavy atom. The van der Waals surface area contributed by atoms with Crippen molar-refractivity contribution in [1.29, 1.82) is 0 Å². The molecule has 0 saturated carbocycles. The standard InChI is InChI=1S/C17H19FN4O/c1-17(23,13-9-21-22(2)10-13)11-19-8-12-5-6-15(18)14-4-3-7-20-16(12)14/h3-7,9-10,19,23H,8,11H2,1-2H3. The van der Waals surface area contributed by atoms with Crippen LogP contribution in [0.25, 0.3) is 10.9 Å². The van der Waals surface area contributed by atoms with Crippen LogP contribution in [-0.2, 0) is 19.2 Å². The molecule has 0 amide bonds. The zero-order valence-corrected chi connectivity index (χ0v) is 13.1. The summed E-state index contributed by atoms with van der Waals surface area (Å²) in [5.41, 5.74) is 1.25. The van der Waals surface area contributed by atoms with Gasteiger partial charge in [-0.2, -0.15) is 5.10 Å². The lowest BCUT2D eigenvalue weighted by Crippen LogP contribution is -2.35. The molecule has 0 spiro atoms. The van der Waals surface area contributed by atoms with Crippen molar-refractivity contribution in [2.24, 2.45) is 7.05 Å². The zero-order valence-electron chi connectivity index (χ0n) is 13.1. The van der Waals surface area contributed by atoms with E-state index in [1.165, 1.54) is 6.07 Å². The Morgan fingerprint density at radius 2 is 2.17 bits per heavy atom. The first-order chi connectivity index (χ1) is 11.0. The first-order valence-electron chi connectivity index (χ1n) is 7.42. The summed E-state index contributed by atoms with van der Waals surface area (Å²) in [6, 6.07) is 6.60. The van der Waals surface area contributed by atoms with Crippen molar-refractivity contribution in [2.75, 3.05) is 6.54 Å². The molecule has 0 aliphatic heterocycles. The van der Waals surface area contributed by atoms with Crippen LogP contribution in [0.3, 0.4) is 0 Å². The van der Waals surface area contributed by atoms with Crippen LogP contribution in [0.2, 0.25) is 0 Å². The highest BCUT2D eigenvalue weighted by atomic mass is 19.1. The lowest BCUT2D eigenvalue weighted by atomic mass is 9.99. The molecule has 2 heterocycles. The fraction of sp³-hybridized carbons (Fsp3) is 0.294. The summed E-state index contributed by atoms with van der Waals surface area (Å²) in [7, 11) is 1.81. The van der Waals surface area contributed by atoms with E-state index in [2.05, 4.69) is 15.4 Å². The molecule has 2 aromatic heterocycles. The minimum absolute atomic E-state index is 0.279. The highest BCUT2D eigenvalue weighted by Gasteiger charge is 2.24. The fourth-order valence-electron chi connectivity index (χ4n) is 2.58. The third-order valence-corrected chi connectivity index (χ3v) is 3.91. The Balaban J connectivity index is 1.73. The Bertz CT molecular complexity index is 828. The molecule has 0 aliphatic rings. The molecule has 2 N–H and O–H groups in total. The van der Waals surface area contributed by atoms with E-state index in [0.717, 1.165) is 11.1 Å². The van der Waals surface area contributed by atoms with Gasteiger partial charge in [0.1, 0.15) is 11.4 Å². The van der Waals surface area contributed by atoms with Crippen LogP contribution in [0, 0.1) is 5.82 Å². The van der Waals surface area contributed by atoms with Gasteiger partial charge < -0.3 is 10.4 Å². The highest BCUT2D eigenvalue weighted by Crippen LogP contribution is 2.21. The lowest BCUT2D eigenvalue weighted by Gasteiger charge is -2.22. The number of aromatic nitrogens is 3. The van der Waals surface area contributed by atoms with Gasteiger partial charge in [-0.3, -0.25) is 9.67 Å². The topological polar surface area (TPSA) is 63.0 Å². The number of hydrogen-bond acceptors (Lipinski definition) is 4. The summed E-state index contributed by atoms with van der Waals surface area (Å²) in [6.07, 6.45) is 5.09. The summed E-state index contributed by atoms with van der Waals surface area (Å²) in [5.74, 6) is -0.279. The predicted molar refractivity (Wildman–Crippen MR) is 86.2 cm³/mol. The molecule has 1 unspecified atom stereocenters. The van der Waals surface area contributed by atoms with Crippen molar-refractivity contribution in [1.82, 2.24) is 20.1 Å². The number of aliphatic hydroxyl groups is 1. The van der Waals surface area contributed by atoms with Crippen molar-refractivity contribution in [3.05, 3.63) is 59.8 Å². The first kappa shape index (κ1) is 15.6. The van der Waals surface area contributed by atoms with Gasteiger partial charge in [0.05, 0.1) is 11.7 Å². The Kier molecular flexibility index (Phi) is 4.11. The maximum atomic E-state index is 13.8. The van der Waals surface area contributed by atoms with Gasteiger partial charge in [-0.15, -0.1) is 0 Å². The highest BCUT2D eigenvalue weighted by molar-refractivity contribution is 5.82. The van der Waals surface area contributed by atoms with Crippen LogP contribution in [-0.4, -0.2) is 26.4 Å². The second-order valence-corrected chi connectivity index (χ2v) is 5.89. The summed E-state index contributed by atoms with van der Waals surface area (Å²) in [6.45, 7) is 2.58. The summed E-state index contributed by atoms with van der Waals surface area (Å²) < 4.78 is 15.4. The number of nitrogens with zero attached hydrogens (tertiary/aromatic N) is 3. The molecule has 3 aromatic rings. The van der Waals surface area contributed by atoms with E-state index in [4.69, 9.17) is 0 Å². The smallest absolute Gasteiger partial charge is 0.132 e. The Labute approximate surface area is 133 Å². The molecule has 0 bridgehead atoms. The maximum Gasteiger partial charge on any atom is 0.132 e. The molecular weight excluding hydrogens is 295 g/mol. The summed E-state index contributed by atoms with van der Waals surface area (Å²) in [5, 5.41) is 18.3. The number of benzene rings is 1. The fourth-order valence-corrected chi connectivity index (χ4v) is 2.58. The Morgan fingerprint density at radius 3 is 2.91 bits per heavy atom. The number of rotatable bonds is 5. The van der Waals surface area contributed by atoms with Gasteiger partial charge in [0.2, 0.25) is 0 Å². The molecule has 0 fully saturated rings. The van der Waals surface area contributed by atoms with Gasteiger partial charge in [-0.05, 0) is 30.7 Å². The van der Waals surface area contributed by atoms with E-state index in [-0.39, 0.29) is 5.82 Å². The third-order valence-electron chi connectivity index (χ3n) is 3.91. The molecule has 0 radical (unpaired) electrons. The largest absolute Gasteiger partial charge is 0.384 e. The molecule has 1 aromatic carbocycles. The second kappa shape index (κ2) is 6.06. The quantitative estimate of drug-likeness (QED) is 0.757. The van der Waals surface area contributed by atoms with Crippen LogP contribution >= 0.6 is 0 Å². The number of aryl methyl sites for hydroxylation is 1. The minimum Gasteiger partial charge on any atom is -0.384 e. The average Bonchev–Trinajstić information content (AvgIpc) is 2.97. The van der Waals surface area contributed by atoms with Crippen molar-refractivity contribution in [3.8, 4) is 0 Å².